The van der Waals surface area contributed by atoms with E-state index in [9.17, 15) is 9.59 Å². The van der Waals surface area contributed by atoms with Crippen LogP contribution < -0.4 is 15.1 Å². The number of hydrogen-bond donors (Lipinski definition) is 1. The quantitative estimate of drug-likeness (QED) is 0.798. The van der Waals surface area contributed by atoms with Crippen LogP contribution in [0.5, 0.6) is 0 Å². The van der Waals surface area contributed by atoms with Gasteiger partial charge in [0.05, 0.1) is 26.2 Å². The van der Waals surface area contributed by atoms with Crippen molar-refractivity contribution >= 4 is 41.0 Å². The van der Waals surface area contributed by atoms with E-state index in [2.05, 4.69) is 5.32 Å². The van der Waals surface area contributed by atoms with Gasteiger partial charge >= 0.3 is 12.2 Å². The number of carbonyl (C=O) groups is 2. The Morgan fingerprint density at radius 3 is 2.52 bits per heavy atom. The van der Waals surface area contributed by atoms with E-state index in [-0.39, 0.29) is 12.2 Å². The molecule has 2 fully saturated rings. The number of nitrogens with one attached hydrogen (secondary N) is 1. The summed E-state index contributed by atoms with van der Waals surface area (Å²) in [6, 6.07) is 7.13. The van der Waals surface area contributed by atoms with E-state index in [0.29, 0.717) is 43.7 Å². The second-order valence-corrected chi connectivity index (χ2v) is 5.87. The van der Waals surface area contributed by atoms with Crippen molar-refractivity contribution in [3.05, 3.63) is 24.3 Å². The van der Waals surface area contributed by atoms with E-state index in [1.54, 1.807) is 34.1 Å². The van der Waals surface area contributed by atoms with Gasteiger partial charge in [0.15, 0.2) is 0 Å². The van der Waals surface area contributed by atoms with Gasteiger partial charge in [-0.25, -0.2) is 9.59 Å². The lowest BCUT2D eigenvalue weighted by Crippen LogP contribution is -2.34. The van der Waals surface area contributed by atoms with Crippen LogP contribution in [-0.2, 0) is 14.2 Å². The number of cyclic esters (lactones) is 2. The Kier molecular flexibility index (Phi) is 5.22. The summed E-state index contributed by atoms with van der Waals surface area (Å²) >= 11 is 4.99. The predicted molar refractivity (Wildman–Crippen MR) is 95.0 cm³/mol. The molecule has 1 aromatic rings. The minimum absolute atomic E-state index is 0.291. The van der Waals surface area contributed by atoms with Crippen molar-refractivity contribution in [3.63, 3.8) is 0 Å². The molecule has 1 atom stereocenters. The standard InChI is InChI=1S/C16H19N3O5S/c1-2-22-14(25)17-9-13-10-19(16(21)24-13)12-5-3-11(4-6-12)18-7-8-23-15(18)20/h3-6,13H,2,7-10H2,1H3,(H,17,25). The van der Waals surface area contributed by atoms with E-state index in [1.165, 1.54) is 0 Å². The number of benzene rings is 1. The number of amides is 2. The molecule has 134 valence electrons. The average molecular weight is 365 g/mol. The fourth-order valence-corrected chi connectivity index (χ4v) is 2.86. The van der Waals surface area contributed by atoms with Crippen molar-refractivity contribution < 1.29 is 23.8 Å². The molecule has 2 saturated heterocycles. The summed E-state index contributed by atoms with van der Waals surface area (Å²) < 4.78 is 15.4. The molecule has 0 saturated carbocycles. The van der Waals surface area contributed by atoms with Gasteiger partial charge in [-0.1, -0.05) is 0 Å². The van der Waals surface area contributed by atoms with Crippen LogP contribution in [0.2, 0.25) is 0 Å². The molecule has 3 rings (SSSR count). The predicted octanol–water partition coefficient (Wildman–Crippen LogP) is 1.88. The Morgan fingerprint density at radius 1 is 1.24 bits per heavy atom. The highest BCUT2D eigenvalue weighted by Crippen LogP contribution is 2.26. The Labute approximate surface area is 150 Å². The number of nitrogens with zero attached hydrogens (tertiary/aromatic N) is 2. The lowest BCUT2D eigenvalue weighted by molar-refractivity contribution is 0.141. The van der Waals surface area contributed by atoms with E-state index in [4.69, 9.17) is 26.4 Å². The number of thiocarbonyl (C=S) groups is 1. The fraction of sp³-hybridized carbons (Fsp3) is 0.438. The van der Waals surface area contributed by atoms with Gasteiger partial charge in [-0.05, 0) is 43.4 Å². The normalized spacial score (nSPS) is 19.6. The molecule has 1 N–H and O–H groups in total. The maximum atomic E-state index is 12.1. The maximum absolute atomic E-state index is 12.1. The molecule has 0 aromatic heterocycles. The highest BCUT2D eigenvalue weighted by molar-refractivity contribution is 7.80. The van der Waals surface area contributed by atoms with Crippen LogP contribution in [0.1, 0.15) is 6.92 Å². The summed E-state index contributed by atoms with van der Waals surface area (Å²) in [5.74, 6) is 0. The molecule has 2 heterocycles. The van der Waals surface area contributed by atoms with E-state index >= 15 is 0 Å². The molecule has 0 aliphatic carbocycles. The Hall–Kier alpha value is -2.55. The molecule has 25 heavy (non-hydrogen) atoms. The largest absolute Gasteiger partial charge is 0.471 e. The minimum atomic E-state index is -0.414. The van der Waals surface area contributed by atoms with Crippen LogP contribution in [0.25, 0.3) is 0 Å². The van der Waals surface area contributed by atoms with Gasteiger partial charge in [-0.15, -0.1) is 0 Å². The third kappa shape index (κ3) is 3.93. The van der Waals surface area contributed by atoms with Gasteiger partial charge in [-0.2, -0.15) is 0 Å². The van der Waals surface area contributed by atoms with Crippen LogP contribution >= 0.6 is 12.2 Å². The third-order valence-corrected chi connectivity index (χ3v) is 4.12. The Balaban J connectivity index is 1.59. The van der Waals surface area contributed by atoms with E-state index in [0.717, 1.165) is 5.69 Å². The van der Waals surface area contributed by atoms with E-state index in [1.807, 2.05) is 6.92 Å². The summed E-state index contributed by atoms with van der Waals surface area (Å²) in [7, 11) is 0. The first-order valence-corrected chi connectivity index (χ1v) is 8.42. The lowest BCUT2D eigenvalue weighted by atomic mass is 10.2. The first-order chi connectivity index (χ1) is 12.1. The molecule has 0 radical (unpaired) electrons. The van der Waals surface area contributed by atoms with Crippen molar-refractivity contribution in [3.8, 4) is 0 Å². The minimum Gasteiger partial charge on any atom is -0.471 e. The van der Waals surface area contributed by atoms with E-state index < -0.39 is 6.09 Å². The molecule has 8 nitrogen and oxygen atoms in total. The molecular formula is C16H19N3O5S. The zero-order chi connectivity index (χ0) is 17.8. The number of hydrogen-bond acceptors (Lipinski definition) is 6. The zero-order valence-corrected chi connectivity index (χ0v) is 14.6. The molecule has 2 aliphatic rings. The summed E-state index contributed by atoms with van der Waals surface area (Å²) in [6.07, 6.45) is -1.09. The molecule has 0 bridgehead atoms. The van der Waals surface area contributed by atoms with Crippen molar-refractivity contribution in [1.29, 1.82) is 0 Å². The first kappa shape index (κ1) is 17.3. The lowest BCUT2D eigenvalue weighted by Gasteiger charge is -2.16. The molecule has 1 unspecified atom stereocenters. The zero-order valence-electron chi connectivity index (χ0n) is 13.8. The van der Waals surface area contributed by atoms with Crippen LogP contribution in [0, 0.1) is 0 Å². The highest BCUT2D eigenvalue weighted by atomic mass is 32.1. The van der Waals surface area contributed by atoms with Gasteiger partial charge in [0.1, 0.15) is 12.7 Å². The fourth-order valence-electron chi connectivity index (χ4n) is 2.66. The average Bonchev–Trinajstić information content (AvgIpc) is 3.19. The summed E-state index contributed by atoms with van der Waals surface area (Å²) in [4.78, 5) is 26.7. The molecule has 0 spiro atoms. The maximum Gasteiger partial charge on any atom is 0.414 e. The summed E-state index contributed by atoms with van der Waals surface area (Å²) in [6.45, 7) is 4.04. The second-order valence-electron chi connectivity index (χ2n) is 5.50. The van der Waals surface area contributed by atoms with Gasteiger partial charge in [-0.3, -0.25) is 9.80 Å². The van der Waals surface area contributed by atoms with Crippen LogP contribution in [0.3, 0.4) is 0 Å². The van der Waals surface area contributed by atoms with Crippen LogP contribution in [-0.4, -0.2) is 56.3 Å². The van der Waals surface area contributed by atoms with Crippen molar-refractivity contribution in [2.24, 2.45) is 0 Å². The third-order valence-electron chi connectivity index (χ3n) is 3.86. The SMILES string of the molecule is CCOC(=S)NCC1CN(c2ccc(N3CCOC3=O)cc2)C(=O)O1. The Bertz CT molecular complexity index is 666. The summed E-state index contributed by atoms with van der Waals surface area (Å²) in [5.41, 5.74) is 1.44. The van der Waals surface area contributed by atoms with Gasteiger partial charge in [0, 0.05) is 11.4 Å². The van der Waals surface area contributed by atoms with Gasteiger partial charge < -0.3 is 19.5 Å². The highest BCUT2D eigenvalue weighted by Gasteiger charge is 2.32. The van der Waals surface area contributed by atoms with Crippen LogP contribution in [0.15, 0.2) is 24.3 Å². The van der Waals surface area contributed by atoms with Crippen LogP contribution in [0.4, 0.5) is 21.0 Å². The van der Waals surface area contributed by atoms with Gasteiger partial charge in [0.2, 0.25) is 0 Å². The first-order valence-electron chi connectivity index (χ1n) is 8.01. The number of ether oxygens (including phenoxy) is 3. The molecule has 1 aromatic carbocycles. The molecule has 2 aliphatic heterocycles. The topological polar surface area (TPSA) is 80.3 Å². The smallest absolute Gasteiger partial charge is 0.414 e. The second kappa shape index (κ2) is 7.56. The number of carbonyl (C=O) groups excluding carboxylic acids is 2. The monoisotopic (exact) mass is 365 g/mol. The Morgan fingerprint density at radius 2 is 1.92 bits per heavy atom. The van der Waals surface area contributed by atoms with Crippen molar-refractivity contribution in [2.75, 3.05) is 42.6 Å². The van der Waals surface area contributed by atoms with Gasteiger partial charge in [0.25, 0.3) is 5.17 Å². The summed E-state index contributed by atoms with van der Waals surface area (Å²) in [5, 5.41) is 3.21. The van der Waals surface area contributed by atoms with Crippen molar-refractivity contribution in [1.82, 2.24) is 5.32 Å². The molecule has 2 amide bonds. The number of anilines is 2. The molecule has 9 heteroatoms. The van der Waals surface area contributed by atoms with Crippen molar-refractivity contribution in [2.45, 2.75) is 13.0 Å². The number of rotatable bonds is 5. The molecular weight excluding hydrogens is 346 g/mol.